The number of amides is 2. The number of halogens is 1. The lowest BCUT2D eigenvalue weighted by Gasteiger charge is -2.25. The Hall–Kier alpha value is -4.02. The monoisotopic (exact) mass is 480 g/mol. The topological polar surface area (TPSA) is 111 Å². The molecule has 1 saturated carbocycles. The average molecular weight is 481 g/mol. The lowest BCUT2D eigenvalue weighted by molar-refractivity contribution is -0.124. The van der Waals surface area contributed by atoms with Gasteiger partial charge in [-0.15, -0.1) is 10.2 Å². The molecular formula is C24H25FN6O4. The number of hydrogen-bond acceptors (Lipinski definition) is 7. The van der Waals surface area contributed by atoms with Crippen LogP contribution in [-0.2, 0) is 16.1 Å². The molecule has 11 heteroatoms. The predicted octanol–water partition coefficient (Wildman–Crippen LogP) is 2.34. The van der Waals surface area contributed by atoms with Crippen molar-refractivity contribution < 1.29 is 23.5 Å². The van der Waals surface area contributed by atoms with E-state index in [0.717, 1.165) is 30.5 Å². The molecule has 35 heavy (non-hydrogen) atoms. The van der Waals surface area contributed by atoms with Crippen LogP contribution in [0.25, 0.3) is 11.4 Å². The van der Waals surface area contributed by atoms with E-state index in [1.807, 2.05) is 0 Å². The summed E-state index contributed by atoms with van der Waals surface area (Å²) in [5.74, 6) is 0.361. The molecule has 2 aromatic carbocycles. The van der Waals surface area contributed by atoms with E-state index in [9.17, 15) is 14.0 Å². The van der Waals surface area contributed by atoms with Gasteiger partial charge in [-0.1, -0.05) is 12.8 Å². The number of fused-ring (bicyclic) bond motifs is 1. The van der Waals surface area contributed by atoms with Crippen LogP contribution in [0.15, 0.2) is 42.5 Å². The highest BCUT2D eigenvalue weighted by Gasteiger charge is 2.25. The molecule has 0 saturated heterocycles. The van der Waals surface area contributed by atoms with E-state index in [1.165, 1.54) is 29.2 Å². The van der Waals surface area contributed by atoms with Crippen LogP contribution >= 0.6 is 0 Å². The van der Waals surface area contributed by atoms with E-state index < -0.39 is 5.91 Å². The van der Waals surface area contributed by atoms with Crippen molar-refractivity contribution in [1.82, 2.24) is 25.5 Å². The Morgan fingerprint density at radius 1 is 1.06 bits per heavy atom. The molecule has 1 aliphatic carbocycles. The number of rotatable bonds is 7. The van der Waals surface area contributed by atoms with Crippen LogP contribution in [0.4, 0.5) is 10.1 Å². The first kappa shape index (κ1) is 22.8. The Bertz CT molecular complexity index is 1210. The number of carbonyl (C=O) groups excluding carboxylic acids is 2. The zero-order chi connectivity index (χ0) is 24.2. The second-order valence-corrected chi connectivity index (χ2v) is 8.51. The number of carbonyl (C=O) groups is 2. The molecule has 182 valence electrons. The summed E-state index contributed by atoms with van der Waals surface area (Å²) in [7, 11) is 0. The van der Waals surface area contributed by atoms with Crippen molar-refractivity contribution in [3.63, 3.8) is 0 Å². The second kappa shape index (κ2) is 10.1. The molecule has 2 heterocycles. The van der Waals surface area contributed by atoms with Gasteiger partial charge in [0.25, 0.3) is 5.91 Å². The van der Waals surface area contributed by atoms with E-state index in [0.29, 0.717) is 36.0 Å². The summed E-state index contributed by atoms with van der Waals surface area (Å²) in [4.78, 5) is 28.7. The molecule has 0 spiro atoms. The highest BCUT2D eigenvalue weighted by atomic mass is 19.1. The van der Waals surface area contributed by atoms with Gasteiger partial charge in [-0.05, 0) is 54.5 Å². The molecule has 1 fully saturated rings. The third kappa shape index (κ3) is 5.39. The van der Waals surface area contributed by atoms with Gasteiger partial charge in [0.15, 0.2) is 11.5 Å². The fraction of sp³-hybridized carbons (Fsp3) is 0.375. The average Bonchev–Trinajstić information content (AvgIpc) is 3.55. The highest BCUT2D eigenvalue weighted by molar-refractivity contribution is 5.98. The molecule has 0 atom stereocenters. The number of hydrogen-bond donors (Lipinski definition) is 1. The summed E-state index contributed by atoms with van der Waals surface area (Å²) in [6.45, 7) is 0.461. The van der Waals surface area contributed by atoms with Crippen molar-refractivity contribution in [2.75, 3.05) is 24.7 Å². The molecule has 1 aliphatic heterocycles. The van der Waals surface area contributed by atoms with Crippen LogP contribution < -0.4 is 19.7 Å². The van der Waals surface area contributed by atoms with Crippen molar-refractivity contribution in [2.24, 2.45) is 0 Å². The summed E-state index contributed by atoms with van der Waals surface area (Å²) >= 11 is 0. The Labute approximate surface area is 201 Å². The van der Waals surface area contributed by atoms with Crippen LogP contribution in [0.3, 0.4) is 0 Å². The second-order valence-electron chi connectivity index (χ2n) is 8.51. The Morgan fingerprint density at radius 2 is 1.80 bits per heavy atom. The number of ether oxygens (including phenoxy) is 2. The van der Waals surface area contributed by atoms with Crippen LogP contribution in [0.2, 0.25) is 0 Å². The van der Waals surface area contributed by atoms with Gasteiger partial charge in [0.1, 0.15) is 32.1 Å². The van der Waals surface area contributed by atoms with E-state index in [1.54, 1.807) is 18.2 Å². The van der Waals surface area contributed by atoms with Crippen LogP contribution in [0.1, 0.15) is 25.7 Å². The van der Waals surface area contributed by atoms with Crippen LogP contribution in [0.5, 0.6) is 11.5 Å². The minimum absolute atomic E-state index is 0.134. The summed E-state index contributed by atoms with van der Waals surface area (Å²) in [5.41, 5.74) is 1.07. The van der Waals surface area contributed by atoms with Crippen molar-refractivity contribution in [3.05, 3.63) is 48.3 Å². The molecule has 10 nitrogen and oxygen atoms in total. The number of aromatic nitrogens is 4. The number of benzene rings is 2. The lowest BCUT2D eigenvalue weighted by atomic mass is 10.2. The number of tetrazole rings is 1. The van der Waals surface area contributed by atoms with Gasteiger partial charge in [0.05, 0.1) is 0 Å². The molecule has 2 amide bonds. The Kier molecular flexibility index (Phi) is 6.55. The zero-order valence-electron chi connectivity index (χ0n) is 19.0. The van der Waals surface area contributed by atoms with Gasteiger partial charge in [0.2, 0.25) is 11.7 Å². The molecule has 3 aromatic rings. The maximum Gasteiger partial charge on any atom is 0.251 e. The van der Waals surface area contributed by atoms with Gasteiger partial charge in [-0.25, -0.2) is 4.39 Å². The first-order chi connectivity index (χ1) is 17.0. The quantitative estimate of drug-likeness (QED) is 0.553. The molecular weight excluding hydrogens is 455 g/mol. The van der Waals surface area contributed by atoms with Gasteiger partial charge >= 0.3 is 0 Å². The van der Waals surface area contributed by atoms with Gasteiger partial charge < -0.3 is 19.7 Å². The first-order valence-corrected chi connectivity index (χ1v) is 11.6. The van der Waals surface area contributed by atoms with Crippen molar-refractivity contribution in [1.29, 1.82) is 0 Å². The zero-order valence-corrected chi connectivity index (χ0v) is 19.0. The molecule has 1 aromatic heterocycles. The van der Waals surface area contributed by atoms with E-state index in [4.69, 9.17) is 9.47 Å². The Morgan fingerprint density at radius 3 is 2.57 bits per heavy atom. The third-order valence-electron chi connectivity index (χ3n) is 5.99. The van der Waals surface area contributed by atoms with E-state index in [2.05, 4.69) is 20.7 Å². The maximum atomic E-state index is 13.3. The van der Waals surface area contributed by atoms with Crippen molar-refractivity contribution >= 4 is 17.5 Å². The maximum absolute atomic E-state index is 13.3. The van der Waals surface area contributed by atoms with E-state index in [-0.39, 0.29) is 36.7 Å². The first-order valence-electron chi connectivity index (χ1n) is 11.6. The molecule has 0 unspecified atom stereocenters. The highest BCUT2D eigenvalue weighted by Crippen LogP contribution is 2.34. The molecule has 1 N–H and O–H groups in total. The summed E-state index contributed by atoms with van der Waals surface area (Å²) in [6.07, 6.45) is 4.06. The Balaban J connectivity index is 1.35. The lowest BCUT2D eigenvalue weighted by Crippen LogP contribution is -2.45. The summed E-state index contributed by atoms with van der Waals surface area (Å²) < 4.78 is 24.4. The predicted molar refractivity (Wildman–Crippen MR) is 123 cm³/mol. The normalized spacial score (nSPS) is 15.1. The standard InChI is InChI=1S/C24H25FN6O4/c25-17-7-5-16(6-8-17)24-27-29-31(28-24)15-23(33)30(14-22(32)26-18-3-1-2-4-18)19-9-10-20-21(13-19)35-12-11-34-20/h5-10,13,18H,1-4,11-12,14-15H2,(H,26,32). The minimum atomic E-state index is -0.397. The van der Waals surface area contributed by atoms with Gasteiger partial charge in [-0.3, -0.25) is 9.59 Å². The molecule has 0 bridgehead atoms. The minimum Gasteiger partial charge on any atom is -0.486 e. The van der Waals surface area contributed by atoms with E-state index >= 15 is 0 Å². The van der Waals surface area contributed by atoms with Crippen molar-refractivity contribution in [3.8, 4) is 22.9 Å². The fourth-order valence-electron chi connectivity index (χ4n) is 4.24. The summed E-state index contributed by atoms with van der Waals surface area (Å²) in [6, 6.07) is 10.9. The molecule has 0 radical (unpaired) electrons. The van der Waals surface area contributed by atoms with Crippen LogP contribution in [-0.4, -0.2) is 57.8 Å². The van der Waals surface area contributed by atoms with Crippen LogP contribution in [0, 0.1) is 5.82 Å². The number of anilines is 1. The third-order valence-corrected chi connectivity index (χ3v) is 5.99. The molecule has 5 rings (SSSR count). The SMILES string of the molecule is O=C(CN(C(=O)Cn1nnc(-c2ccc(F)cc2)n1)c1ccc2c(c1)OCCO2)NC1CCCC1. The smallest absolute Gasteiger partial charge is 0.251 e. The number of nitrogens with one attached hydrogen (secondary N) is 1. The number of nitrogens with zero attached hydrogens (tertiary/aromatic N) is 5. The molecule has 2 aliphatic rings. The van der Waals surface area contributed by atoms with Gasteiger partial charge in [-0.2, -0.15) is 4.80 Å². The largest absolute Gasteiger partial charge is 0.486 e. The summed E-state index contributed by atoms with van der Waals surface area (Å²) in [5, 5.41) is 15.2. The van der Waals surface area contributed by atoms with Crippen molar-refractivity contribution in [2.45, 2.75) is 38.3 Å². The van der Waals surface area contributed by atoms with Gasteiger partial charge in [0, 0.05) is 23.4 Å². The fourth-order valence-corrected chi connectivity index (χ4v) is 4.24.